The van der Waals surface area contributed by atoms with Crippen molar-refractivity contribution >= 4 is 28.8 Å². The minimum Gasteiger partial charge on any atom is -0.508 e. The van der Waals surface area contributed by atoms with Crippen molar-refractivity contribution in [1.82, 2.24) is 0 Å². The number of carbonyl (C=O) groups is 1. The molecule has 0 aliphatic rings. The third kappa shape index (κ3) is 4.27. The Morgan fingerprint density at radius 3 is 2.41 bits per heavy atom. The predicted molar refractivity (Wildman–Crippen MR) is 87.8 cm³/mol. The third-order valence-electron chi connectivity index (χ3n) is 2.90. The van der Waals surface area contributed by atoms with Crippen molar-refractivity contribution in [2.45, 2.75) is 6.92 Å². The number of phenolic OH excluding ortho intramolecular Hbond substituents is 1. The summed E-state index contributed by atoms with van der Waals surface area (Å²) in [6, 6.07) is 13.5. The zero-order chi connectivity index (χ0) is 15.9. The zero-order valence-electron chi connectivity index (χ0n) is 12.0. The third-order valence-corrected chi connectivity index (χ3v) is 3.15. The van der Waals surface area contributed by atoms with Gasteiger partial charge in [-0.1, -0.05) is 23.7 Å². The molecule has 0 bridgehead atoms. The minimum absolute atomic E-state index is 0.179. The molecule has 0 atom stereocenters. The Hall–Kier alpha value is -2.46. The fraction of sp³-hybridized carbons (Fsp3) is 0.118. The average Bonchev–Trinajstić information content (AvgIpc) is 2.51. The molecule has 22 heavy (non-hydrogen) atoms. The normalized spacial score (nSPS) is 11.1. The van der Waals surface area contributed by atoms with Crippen molar-refractivity contribution in [3.05, 3.63) is 65.3 Å². The molecular weight excluding hydrogens is 302 g/mol. The molecule has 2 aromatic rings. The van der Waals surface area contributed by atoms with Crippen LogP contribution in [0.5, 0.6) is 5.75 Å². The summed E-state index contributed by atoms with van der Waals surface area (Å²) in [4.78, 5) is 12.1. The summed E-state index contributed by atoms with van der Waals surface area (Å²) >= 11 is 5.87. The average molecular weight is 318 g/mol. The molecule has 5 heteroatoms. The summed E-state index contributed by atoms with van der Waals surface area (Å²) in [6.07, 6.45) is 1.58. The first-order valence-corrected chi connectivity index (χ1v) is 7.16. The van der Waals surface area contributed by atoms with E-state index in [0.29, 0.717) is 22.8 Å². The van der Waals surface area contributed by atoms with Crippen LogP contribution in [0, 0.1) is 0 Å². The van der Waals surface area contributed by atoms with Crippen LogP contribution in [0.1, 0.15) is 12.5 Å². The van der Waals surface area contributed by atoms with Crippen LogP contribution in [0.3, 0.4) is 0 Å². The van der Waals surface area contributed by atoms with Crippen LogP contribution in [0.25, 0.3) is 5.57 Å². The van der Waals surface area contributed by atoms with Crippen LogP contribution in [-0.4, -0.2) is 17.7 Å². The van der Waals surface area contributed by atoms with Gasteiger partial charge in [-0.3, -0.25) is 0 Å². The molecule has 0 radical (unpaired) electrons. The molecule has 4 nitrogen and oxygen atoms in total. The van der Waals surface area contributed by atoms with Gasteiger partial charge < -0.3 is 15.2 Å². The number of aromatic hydroxyl groups is 1. The number of anilines is 1. The second kappa shape index (κ2) is 7.52. The van der Waals surface area contributed by atoms with Crippen LogP contribution in [-0.2, 0) is 9.53 Å². The van der Waals surface area contributed by atoms with Gasteiger partial charge in [-0.05, 0) is 48.9 Å². The van der Waals surface area contributed by atoms with E-state index in [4.69, 9.17) is 16.3 Å². The number of halogens is 1. The van der Waals surface area contributed by atoms with Crippen molar-refractivity contribution in [1.29, 1.82) is 0 Å². The Labute approximate surface area is 134 Å². The van der Waals surface area contributed by atoms with Gasteiger partial charge >= 0.3 is 5.97 Å². The lowest BCUT2D eigenvalue weighted by Crippen LogP contribution is -2.08. The Morgan fingerprint density at radius 1 is 1.18 bits per heavy atom. The number of phenols is 1. The van der Waals surface area contributed by atoms with Crippen molar-refractivity contribution < 1.29 is 14.6 Å². The molecule has 0 saturated carbocycles. The van der Waals surface area contributed by atoms with Gasteiger partial charge in [0.2, 0.25) is 0 Å². The van der Waals surface area contributed by atoms with E-state index in [1.165, 1.54) is 0 Å². The summed E-state index contributed by atoms with van der Waals surface area (Å²) in [5.41, 5.74) is 1.84. The summed E-state index contributed by atoms with van der Waals surface area (Å²) in [6.45, 7) is 2.05. The molecule has 0 aromatic heterocycles. The summed E-state index contributed by atoms with van der Waals surface area (Å²) in [5, 5.41) is 12.9. The minimum atomic E-state index is -0.420. The monoisotopic (exact) mass is 317 g/mol. The highest BCUT2D eigenvalue weighted by Crippen LogP contribution is 2.20. The maximum absolute atomic E-state index is 12.1. The van der Waals surface area contributed by atoms with Gasteiger partial charge in [0.15, 0.2) is 0 Å². The molecule has 0 fully saturated rings. The lowest BCUT2D eigenvalue weighted by Gasteiger charge is -2.09. The van der Waals surface area contributed by atoms with E-state index in [2.05, 4.69) is 5.32 Å². The first-order chi connectivity index (χ1) is 10.6. The number of hydrogen-bond acceptors (Lipinski definition) is 4. The second-order valence-electron chi connectivity index (χ2n) is 4.48. The number of nitrogens with one attached hydrogen (secondary N) is 1. The highest BCUT2D eigenvalue weighted by molar-refractivity contribution is 6.30. The second-order valence-corrected chi connectivity index (χ2v) is 4.91. The molecule has 2 aromatic carbocycles. The van der Waals surface area contributed by atoms with Crippen LogP contribution < -0.4 is 5.32 Å². The van der Waals surface area contributed by atoms with E-state index in [1.54, 1.807) is 61.7 Å². The Balaban J connectivity index is 2.27. The van der Waals surface area contributed by atoms with E-state index in [1.807, 2.05) is 0 Å². The lowest BCUT2D eigenvalue weighted by molar-refractivity contribution is -0.136. The summed E-state index contributed by atoms with van der Waals surface area (Å²) < 4.78 is 5.08. The first-order valence-electron chi connectivity index (χ1n) is 6.79. The van der Waals surface area contributed by atoms with Gasteiger partial charge in [0.05, 0.1) is 12.2 Å². The molecule has 0 unspecified atom stereocenters. The number of hydrogen-bond donors (Lipinski definition) is 2. The fourth-order valence-corrected chi connectivity index (χ4v) is 1.94. The van der Waals surface area contributed by atoms with Crippen molar-refractivity contribution in [3.63, 3.8) is 0 Å². The number of ether oxygens (including phenoxy) is 1. The Kier molecular flexibility index (Phi) is 5.44. The van der Waals surface area contributed by atoms with Crippen LogP contribution in [0.4, 0.5) is 5.69 Å². The van der Waals surface area contributed by atoms with E-state index >= 15 is 0 Å². The number of esters is 1. The largest absolute Gasteiger partial charge is 0.508 e. The Morgan fingerprint density at radius 2 is 1.82 bits per heavy atom. The molecule has 0 aliphatic heterocycles. The van der Waals surface area contributed by atoms with Gasteiger partial charge in [-0.2, -0.15) is 0 Å². The fourth-order valence-electron chi connectivity index (χ4n) is 1.81. The zero-order valence-corrected chi connectivity index (χ0v) is 12.8. The summed E-state index contributed by atoms with van der Waals surface area (Å²) in [5.74, 6) is -0.242. The molecule has 0 spiro atoms. The van der Waals surface area contributed by atoms with Gasteiger partial charge in [-0.25, -0.2) is 4.79 Å². The van der Waals surface area contributed by atoms with Gasteiger partial charge in [-0.15, -0.1) is 0 Å². The maximum Gasteiger partial charge on any atom is 0.340 e. The SMILES string of the molecule is CCOC(=O)/C(=C/Nc1ccc(O)cc1)c1ccc(Cl)cc1. The molecule has 2 N–H and O–H groups in total. The van der Waals surface area contributed by atoms with Gasteiger partial charge in [0.25, 0.3) is 0 Å². The Bertz CT molecular complexity index is 663. The number of carbonyl (C=O) groups excluding carboxylic acids is 1. The van der Waals surface area contributed by atoms with E-state index in [-0.39, 0.29) is 5.75 Å². The molecule has 0 aliphatic carbocycles. The molecule has 2 rings (SSSR count). The van der Waals surface area contributed by atoms with E-state index in [0.717, 1.165) is 5.69 Å². The molecule has 0 heterocycles. The molecule has 0 amide bonds. The first kappa shape index (κ1) is 15.9. The standard InChI is InChI=1S/C17H16ClNO3/c1-2-22-17(21)16(12-3-5-13(18)6-4-12)11-19-14-7-9-15(20)10-8-14/h3-11,19-20H,2H2,1H3/b16-11+. The quantitative estimate of drug-likeness (QED) is 0.496. The molecule has 114 valence electrons. The van der Waals surface area contributed by atoms with Crippen LogP contribution in [0.15, 0.2) is 54.7 Å². The highest BCUT2D eigenvalue weighted by atomic mass is 35.5. The lowest BCUT2D eigenvalue weighted by atomic mass is 10.1. The van der Waals surface area contributed by atoms with Gasteiger partial charge in [0, 0.05) is 16.9 Å². The maximum atomic E-state index is 12.1. The van der Waals surface area contributed by atoms with Crippen molar-refractivity contribution in [2.24, 2.45) is 0 Å². The van der Waals surface area contributed by atoms with Crippen LogP contribution in [0.2, 0.25) is 5.02 Å². The van der Waals surface area contributed by atoms with E-state index in [9.17, 15) is 9.90 Å². The van der Waals surface area contributed by atoms with Crippen molar-refractivity contribution in [3.8, 4) is 5.75 Å². The van der Waals surface area contributed by atoms with Crippen LogP contribution >= 0.6 is 11.6 Å². The van der Waals surface area contributed by atoms with Gasteiger partial charge in [0.1, 0.15) is 5.75 Å². The highest BCUT2D eigenvalue weighted by Gasteiger charge is 2.13. The predicted octanol–water partition coefficient (Wildman–Crippen LogP) is 4.06. The number of benzene rings is 2. The van der Waals surface area contributed by atoms with Crippen molar-refractivity contribution in [2.75, 3.05) is 11.9 Å². The summed E-state index contributed by atoms with van der Waals surface area (Å²) in [7, 11) is 0. The molecule has 0 saturated heterocycles. The molecular formula is C17H16ClNO3. The van der Waals surface area contributed by atoms with E-state index < -0.39 is 5.97 Å². The topological polar surface area (TPSA) is 58.6 Å². The number of rotatable bonds is 5. The smallest absolute Gasteiger partial charge is 0.340 e.